The van der Waals surface area contributed by atoms with Crippen molar-refractivity contribution in [2.45, 2.75) is 6.18 Å². The Balaban J connectivity index is 1.92. The third kappa shape index (κ3) is 4.64. The number of benzene rings is 3. The van der Waals surface area contributed by atoms with Crippen molar-refractivity contribution in [3.63, 3.8) is 0 Å². The second-order valence-corrected chi connectivity index (χ2v) is 7.49. The van der Waals surface area contributed by atoms with E-state index in [0.717, 1.165) is 6.07 Å². The maximum absolute atomic E-state index is 13.1. The number of rotatable bonds is 5. The minimum Gasteiger partial charge on any atom is -0.442 e. The average molecular weight is 507 g/mol. The van der Waals surface area contributed by atoms with Gasteiger partial charge in [0, 0.05) is 29.7 Å². The van der Waals surface area contributed by atoms with Gasteiger partial charge in [-0.2, -0.15) is 13.2 Å². The van der Waals surface area contributed by atoms with E-state index in [1.165, 1.54) is 12.1 Å². The summed E-state index contributed by atoms with van der Waals surface area (Å²) >= 11 is 6.26. The number of nitro groups is 2. The van der Waals surface area contributed by atoms with Crippen molar-refractivity contribution in [1.29, 1.82) is 0 Å². The molecule has 4 aromatic rings. The zero-order valence-corrected chi connectivity index (χ0v) is 17.8. The third-order valence-corrected chi connectivity index (χ3v) is 5.16. The van der Waals surface area contributed by atoms with Crippen LogP contribution >= 0.6 is 11.6 Å². The van der Waals surface area contributed by atoms with E-state index in [1.807, 2.05) is 0 Å². The van der Waals surface area contributed by atoms with Crippen LogP contribution in [0.5, 0.6) is 11.5 Å². The molecule has 0 unspecified atom stereocenters. The minimum atomic E-state index is -5.09. The van der Waals surface area contributed by atoms with E-state index in [1.54, 1.807) is 30.3 Å². The van der Waals surface area contributed by atoms with E-state index >= 15 is 0 Å². The zero-order valence-electron chi connectivity index (χ0n) is 17.0. The molecule has 0 saturated heterocycles. The Morgan fingerprint density at radius 2 is 1.51 bits per heavy atom. The quantitative estimate of drug-likeness (QED) is 0.167. The summed E-state index contributed by atoms with van der Waals surface area (Å²) in [5.74, 6) is -1.49. The number of fused-ring (bicyclic) bond motifs is 1. The Morgan fingerprint density at radius 1 is 0.914 bits per heavy atom. The Bertz CT molecular complexity index is 1520. The van der Waals surface area contributed by atoms with Gasteiger partial charge in [0.05, 0.1) is 20.4 Å². The number of hydrogen-bond acceptors (Lipinski definition) is 7. The van der Waals surface area contributed by atoms with E-state index in [0.29, 0.717) is 16.5 Å². The van der Waals surface area contributed by atoms with E-state index in [-0.39, 0.29) is 22.7 Å². The Kier molecular flexibility index (Phi) is 5.91. The molecule has 0 radical (unpaired) electrons. The summed E-state index contributed by atoms with van der Waals surface area (Å²) in [5, 5.41) is 23.1. The van der Waals surface area contributed by atoms with Crippen molar-refractivity contribution >= 4 is 33.9 Å². The number of alkyl halides is 3. The van der Waals surface area contributed by atoms with E-state index < -0.39 is 50.1 Å². The van der Waals surface area contributed by atoms with Crippen molar-refractivity contribution in [2.24, 2.45) is 0 Å². The van der Waals surface area contributed by atoms with Gasteiger partial charge in [0.2, 0.25) is 0 Å². The molecule has 0 amide bonds. The highest BCUT2D eigenvalue weighted by atomic mass is 35.5. The number of nitro benzene ring substituents is 2. The van der Waals surface area contributed by atoms with Gasteiger partial charge in [0.15, 0.2) is 0 Å². The second-order valence-electron chi connectivity index (χ2n) is 7.08. The fourth-order valence-electron chi connectivity index (χ4n) is 3.35. The molecule has 1 aromatic heterocycles. The summed E-state index contributed by atoms with van der Waals surface area (Å²) in [6, 6.07) is 12.5. The summed E-state index contributed by atoms with van der Waals surface area (Å²) in [4.78, 5) is 32.5. The Labute approximate surface area is 197 Å². The van der Waals surface area contributed by atoms with E-state index in [4.69, 9.17) is 20.8 Å². The highest BCUT2D eigenvalue weighted by Gasteiger charge is 2.39. The van der Waals surface area contributed by atoms with Crippen LogP contribution in [0.1, 0.15) is 5.56 Å². The van der Waals surface area contributed by atoms with Crippen molar-refractivity contribution < 1.29 is 32.2 Å². The van der Waals surface area contributed by atoms with Gasteiger partial charge < -0.3 is 9.15 Å². The summed E-state index contributed by atoms with van der Waals surface area (Å²) < 4.78 is 49.9. The van der Waals surface area contributed by atoms with Crippen molar-refractivity contribution in [1.82, 2.24) is 0 Å². The molecular formula is C22H10ClF3N2O7. The number of nitrogens with zero attached hydrogens (tertiary/aromatic N) is 2. The van der Waals surface area contributed by atoms with Crippen LogP contribution in [0.3, 0.4) is 0 Å². The van der Waals surface area contributed by atoms with Crippen LogP contribution in [0, 0.1) is 20.2 Å². The lowest BCUT2D eigenvalue weighted by Gasteiger charge is -2.13. The first-order chi connectivity index (χ1) is 16.5. The summed E-state index contributed by atoms with van der Waals surface area (Å²) in [6.45, 7) is 0. The van der Waals surface area contributed by atoms with Crippen molar-refractivity contribution in [2.75, 3.05) is 0 Å². The molecule has 0 aliphatic carbocycles. The van der Waals surface area contributed by atoms with Gasteiger partial charge in [-0.25, -0.2) is 4.79 Å². The van der Waals surface area contributed by atoms with E-state index in [9.17, 15) is 38.2 Å². The lowest BCUT2D eigenvalue weighted by Crippen LogP contribution is -2.08. The first-order valence-corrected chi connectivity index (χ1v) is 9.88. The SMILES string of the molecule is O=c1cc(-c2ccccc2)c2cc(Cl)c(Oc3c([N+](=O)[O-])cc(C(F)(F)F)cc3[N+](=O)[O-])cc2o1. The number of hydrogen-bond donors (Lipinski definition) is 0. The molecule has 13 heteroatoms. The summed E-state index contributed by atoms with van der Waals surface area (Å²) in [6.07, 6.45) is -5.09. The smallest absolute Gasteiger partial charge is 0.416 e. The Morgan fingerprint density at radius 3 is 2.06 bits per heavy atom. The lowest BCUT2D eigenvalue weighted by molar-refractivity contribution is -0.396. The highest BCUT2D eigenvalue weighted by molar-refractivity contribution is 6.33. The van der Waals surface area contributed by atoms with Gasteiger partial charge in [0.1, 0.15) is 11.3 Å². The molecule has 0 N–H and O–H groups in total. The third-order valence-electron chi connectivity index (χ3n) is 4.86. The molecule has 0 bridgehead atoms. The average Bonchev–Trinajstić information content (AvgIpc) is 2.79. The predicted molar refractivity (Wildman–Crippen MR) is 118 cm³/mol. The zero-order chi connectivity index (χ0) is 25.5. The van der Waals surface area contributed by atoms with Gasteiger partial charge in [-0.1, -0.05) is 41.9 Å². The molecule has 0 aliphatic rings. The molecule has 1 heterocycles. The maximum atomic E-state index is 13.1. The highest BCUT2D eigenvalue weighted by Crippen LogP contribution is 2.46. The summed E-state index contributed by atoms with van der Waals surface area (Å²) in [7, 11) is 0. The van der Waals surface area contributed by atoms with E-state index in [2.05, 4.69) is 0 Å². The van der Waals surface area contributed by atoms with Crippen LogP contribution in [0.25, 0.3) is 22.1 Å². The standard InChI is InChI=1S/C22H10ClF3N2O7/c23-15-8-14-13(11-4-2-1-3-5-11)9-20(29)34-18(14)10-19(15)35-21-16(27(30)31)6-12(22(24,25)26)7-17(21)28(32)33/h1-10H. The summed E-state index contributed by atoms with van der Waals surface area (Å²) in [5.41, 5.74) is -3.96. The molecule has 0 atom stereocenters. The molecular weight excluding hydrogens is 497 g/mol. The number of ether oxygens (including phenoxy) is 1. The molecule has 9 nitrogen and oxygen atoms in total. The molecule has 35 heavy (non-hydrogen) atoms. The van der Waals surface area contributed by atoms with Crippen LogP contribution in [-0.2, 0) is 6.18 Å². The van der Waals surface area contributed by atoms with Gasteiger partial charge >= 0.3 is 23.2 Å². The van der Waals surface area contributed by atoms with Crippen LogP contribution in [0.15, 0.2) is 69.9 Å². The lowest BCUT2D eigenvalue weighted by atomic mass is 10.0. The monoisotopic (exact) mass is 506 g/mol. The Hall–Kier alpha value is -4.45. The first-order valence-electron chi connectivity index (χ1n) is 9.50. The van der Waals surface area contributed by atoms with Crippen LogP contribution in [-0.4, -0.2) is 9.85 Å². The minimum absolute atomic E-state index is 0.0760. The van der Waals surface area contributed by atoms with Crippen LogP contribution in [0.4, 0.5) is 24.5 Å². The van der Waals surface area contributed by atoms with Gasteiger partial charge in [-0.15, -0.1) is 0 Å². The van der Waals surface area contributed by atoms with Gasteiger partial charge in [-0.3, -0.25) is 20.2 Å². The fourth-order valence-corrected chi connectivity index (χ4v) is 3.55. The maximum Gasteiger partial charge on any atom is 0.416 e. The molecule has 3 aromatic carbocycles. The topological polar surface area (TPSA) is 126 Å². The first kappa shape index (κ1) is 23.7. The number of halogens is 4. The predicted octanol–water partition coefficient (Wildman–Crippen LogP) is 6.74. The van der Waals surface area contributed by atoms with Crippen molar-refractivity contribution in [3.05, 3.63) is 102 Å². The van der Waals surface area contributed by atoms with Crippen LogP contribution in [0.2, 0.25) is 5.02 Å². The molecule has 0 aliphatic heterocycles. The second kappa shape index (κ2) is 8.72. The molecule has 4 rings (SSSR count). The fraction of sp³-hybridized carbons (Fsp3) is 0.0455. The van der Waals surface area contributed by atoms with Gasteiger partial charge in [0.25, 0.3) is 5.75 Å². The normalized spacial score (nSPS) is 11.4. The van der Waals surface area contributed by atoms with Crippen LogP contribution < -0.4 is 10.4 Å². The molecule has 178 valence electrons. The molecule has 0 spiro atoms. The largest absolute Gasteiger partial charge is 0.442 e. The van der Waals surface area contributed by atoms with Crippen molar-refractivity contribution in [3.8, 4) is 22.6 Å². The molecule has 0 fully saturated rings. The van der Waals surface area contributed by atoms with Gasteiger partial charge in [-0.05, 0) is 17.2 Å². The molecule has 0 saturated carbocycles.